The molecule has 10 heteroatoms. The molecule has 1 unspecified atom stereocenters. The molecule has 4 heterocycles. The molecule has 4 aliphatic rings. The molecule has 2 N–H and O–H groups in total. The lowest BCUT2D eigenvalue weighted by Gasteiger charge is -2.37. The number of rotatable bonds is 3. The summed E-state index contributed by atoms with van der Waals surface area (Å²) in [6, 6.07) is 1.26. The molecular weight excluding hydrogens is 373 g/mol. The molecule has 0 aliphatic carbocycles. The molecule has 1 fully saturated rings. The number of nitrogens with one attached hydrogen (secondary N) is 2. The van der Waals surface area contributed by atoms with Crippen molar-refractivity contribution in [1.82, 2.24) is 24.8 Å². The van der Waals surface area contributed by atoms with Crippen molar-refractivity contribution in [1.29, 1.82) is 0 Å². The first-order valence-electron chi connectivity index (χ1n) is 9.39. The number of hydrogen-bond acceptors (Lipinski definition) is 4. The monoisotopic (exact) mass is 396 g/mol. The van der Waals surface area contributed by atoms with E-state index in [0.717, 1.165) is 17.9 Å². The van der Waals surface area contributed by atoms with E-state index in [9.17, 15) is 18.0 Å². The number of nitrogens with zero attached hydrogens (tertiary/aromatic N) is 4. The molecule has 2 amide bonds. The van der Waals surface area contributed by atoms with Gasteiger partial charge in [-0.3, -0.25) is 0 Å². The van der Waals surface area contributed by atoms with Gasteiger partial charge in [0.1, 0.15) is 12.4 Å². The molecular formula is C18H23F3N6O. The van der Waals surface area contributed by atoms with Crippen LogP contribution in [0.25, 0.3) is 11.5 Å². The van der Waals surface area contributed by atoms with Gasteiger partial charge in [0, 0.05) is 31.7 Å². The summed E-state index contributed by atoms with van der Waals surface area (Å²) in [6.07, 6.45) is -0.109. The predicted molar refractivity (Wildman–Crippen MR) is 97.1 cm³/mol. The molecule has 3 atom stereocenters. The number of hydrogen-bond donors (Lipinski definition) is 2. The standard InChI is InChI=1S/C18H23F3N6O/c1-3-11-7-26(16(28)25-10-18(19,20)21)8-12(11)17(2)9-24-14-6-23-15-13(27(14)17)4-5-22-15/h4-6,11-12,24H,3,7-10H2,1-2H3,(H,25,28)/t11-,12+,17?/m1/s1. The van der Waals surface area contributed by atoms with Crippen molar-refractivity contribution >= 4 is 11.8 Å². The highest BCUT2D eigenvalue weighted by molar-refractivity contribution is 5.74. The van der Waals surface area contributed by atoms with Crippen LogP contribution in [0.3, 0.4) is 0 Å². The van der Waals surface area contributed by atoms with Crippen molar-refractivity contribution in [3.63, 3.8) is 0 Å². The van der Waals surface area contributed by atoms with Crippen molar-refractivity contribution in [2.75, 3.05) is 31.5 Å². The number of halogens is 3. The van der Waals surface area contributed by atoms with Crippen LogP contribution in [0.5, 0.6) is 0 Å². The molecule has 0 bridgehead atoms. The quantitative estimate of drug-likeness (QED) is 0.837. The number of carbonyl (C=O) groups is 1. The molecule has 4 aliphatic heterocycles. The zero-order valence-corrected chi connectivity index (χ0v) is 15.8. The van der Waals surface area contributed by atoms with Crippen LogP contribution in [0.1, 0.15) is 20.3 Å². The first kappa shape index (κ1) is 18.8. The maximum Gasteiger partial charge on any atom is 0.405 e. The second-order valence-electron chi connectivity index (χ2n) is 7.80. The number of aromatic nitrogens is 3. The average molecular weight is 396 g/mol. The molecule has 0 saturated carbocycles. The van der Waals surface area contributed by atoms with Crippen molar-refractivity contribution in [2.45, 2.75) is 32.0 Å². The summed E-state index contributed by atoms with van der Waals surface area (Å²) in [5, 5.41) is 5.39. The van der Waals surface area contributed by atoms with Crippen LogP contribution in [0.2, 0.25) is 0 Å². The maximum absolute atomic E-state index is 12.5. The number of alkyl halides is 3. The van der Waals surface area contributed by atoms with E-state index in [-0.39, 0.29) is 17.4 Å². The Labute approximate surface area is 160 Å². The topological polar surface area (TPSA) is 75.1 Å². The van der Waals surface area contributed by atoms with Crippen molar-refractivity contribution in [3.8, 4) is 11.5 Å². The van der Waals surface area contributed by atoms with E-state index in [2.05, 4.69) is 33.7 Å². The van der Waals surface area contributed by atoms with Crippen molar-refractivity contribution in [2.24, 2.45) is 11.8 Å². The minimum absolute atomic E-state index is 0.0911. The zero-order valence-electron chi connectivity index (χ0n) is 15.8. The van der Waals surface area contributed by atoms with E-state index < -0.39 is 18.8 Å². The number of urea groups is 1. The van der Waals surface area contributed by atoms with Gasteiger partial charge < -0.3 is 20.1 Å². The summed E-state index contributed by atoms with van der Waals surface area (Å²) >= 11 is 0. The first-order chi connectivity index (χ1) is 13.2. The fraction of sp³-hybridized carbons (Fsp3) is 0.611. The van der Waals surface area contributed by atoms with Crippen molar-refractivity contribution in [3.05, 3.63) is 18.5 Å². The Morgan fingerprint density at radius 2 is 2.18 bits per heavy atom. The normalized spacial score (nSPS) is 27.1. The Morgan fingerprint density at radius 3 is 2.89 bits per heavy atom. The highest BCUT2D eigenvalue weighted by Gasteiger charge is 2.50. The fourth-order valence-corrected chi connectivity index (χ4v) is 4.67. The minimum Gasteiger partial charge on any atom is -0.368 e. The van der Waals surface area contributed by atoms with Gasteiger partial charge in [0.2, 0.25) is 0 Å². The lowest BCUT2D eigenvalue weighted by molar-refractivity contribution is -0.123. The van der Waals surface area contributed by atoms with E-state index in [1.807, 2.05) is 11.4 Å². The highest BCUT2D eigenvalue weighted by Crippen LogP contribution is 2.45. The van der Waals surface area contributed by atoms with Gasteiger partial charge in [-0.25, -0.2) is 14.8 Å². The molecule has 0 aromatic rings. The number of anilines is 1. The molecule has 0 aromatic carbocycles. The summed E-state index contributed by atoms with van der Waals surface area (Å²) in [7, 11) is 0. The van der Waals surface area contributed by atoms with Crippen LogP contribution in [0.15, 0.2) is 18.5 Å². The second kappa shape index (κ2) is 6.52. The molecule has 0 radical (unpaired) electrons. The van der Waals surface area contributed by atoms with E-state index >= 15 is 0 Å². The van der Waals surface area contributed by atoms with E-state index in [4.69, 9.17) is 0 Å². The van der Waals surface area contributed by atoms with Crippen LogP contribution in [0.4, 0.5) is 23.8 Å². The minimum atomic E-state index is -4.42. The van der Waals surface area contributed by atoms with Crippen LogP contribution in [0, 0.1) is 11.8 Å². The van der Waals surface area contributed by atoms with Gasteiger partial charge in [-0.2, -0.15) is 13.2 Å². The molecule has 152 valence electrons. The van der Waals surface area contributed by atoms with Gasteiger partial charge in [-0.1, -0.05) is 13.3 Å². The Hall–Kier alpha value is -2.52. The summed E-state index contributed by atoms with van der Waals surface area (Å²) in [4.78, 5) is 22.5. The van der Waals surface area contributed by atoms with Crippen molar-refractivity contribution < 1.29 is 18.0 Å². The number of carbonyl (C=O) groups excluding carboxylic acids is 1. The Balaban J connectivity index is 1.60. The Kier molecular flexibility index (Phi) is 4.39. The number of likely N-dealkylation sites (tertiary alicyclic amines) is 1. The number of amides is 2. The molecule has 0 spiro atoms. The molecule has 7 nitrogen and oxygen atoms in total. The third-order valence-electron chi connectivity index (χ3n) is 6.08. The van der Waals surface area contributed by atoms with Crippen LogP contribution in [-0.2, 0) is 5.54 Å². The van der Waals surface area contributed by atoms with Gasteiger partial charge in [-0.05, 0) is 18.9 Å². The Morgan fingerprint density at radius 1 is 1.39 bits per heavy atom. The summed E-state index contributed by atoms with van der Waals surface area (Å²) in [5.41, 5.74) is 0.576. The van der Waals surface area contributed by atoms with E-state index in [0.29, 0.717) is 25.5 Å². The summed E-state index contributed by atoms with van der Waals surface area (Å²) < 4.78 is 39.6. The van der Waals surface area contributed by atoms with Crippen LogP contribution in [-0.4, -0.2) is 57.8 Å². The van der Waals surface area contributed by atoms with Gasteiger partial charge in [0.25, 0.3) is 0 Å². The Bertz CT molecular complexity index is 852. The predicted octanol–water partition coefficient (Wildman–Crippen LogP) is 2.75. The van der Waals surface area contributed by atoms with Gasteiger partial charge in [-0.15, -0.1) is 0 Å². The SMILES string of the molecule is CC[C@@H]1CN(C(=O)NCC(F)(F)F)C[C@@H]1C1(C)CNc2cnc3nccc-3n21. The lowest BCUT2D eigenvalue weighted by Crippen LogP contribution is -2.45. The first-order valence-corrected chi connectivity index (χ1v) is 9.39. The maximum atomic E-state index is 12.5. The molecule has 1 saturated heterocycles. The molecule has 28 heavy (non-hydrogen) atoms. The van der Waals surface area contributed by atoms with Crippen LogP contribution < -0.4 is 10.6 Å². The third-order valence-corrected chi connectivity index (χ3v) is 6.08. The molecule has 0 aromatic heterocycles. The largest absolute Gasteiger partial charge is 0.405 e. The fourth-order valence-electron chi connectivity index (χ4n) is 4.67. The summed E-state index contributed by atoms with van der Waals surface area (Å²) in [6.45, 7) is 4.39. The lowest BCUT2D eigenvalue weighted by atomic mass is 9.77. The van der Waals surface area contributed by atoms with Gasteiger partial charge in [0.05, 0.1) is 17.4 Å². The van der Waals surface area contributed by atoms with Crippen LogP contribution >= 0.6 is 0 Å². The average Bonchev–Trinajstić information content (AvgIpc) is 3.35. The van der Waals surface area contributed by atoms with Gasteiger partial charge in [0.15, 0.2) is 5.82 Å². The van der Waals surface area contributed by atoms with E-state index in [1.54, 1.807) is 12.4 Å². The molecule has 4 rings (SSSR count). The highest BCUT2D eigenvalue weighted by atomic mass is 19.4. The third kappa shape index (κ3) is 3.04. The number of fused-ring (bicyclic) bond motifs is 3. The summed E-state index contributed by atoms with van der Waals surface area (Å²) in [5.74, 6) is 1.82. The smallest absolute Gasteiger partial charge is 0.368 e. The van der Waals surface area contributed by atoms with Gasteiger partial charge >= 0.3 is 12.2 Å². The van der Waals surface area contributed by atoms with E-state index in [1.165, 1.54) is 4.90 Å². The second-order valence-corrected chi connectivity index (χ2v) is 7.80. The zero-order chi connectivity index (χ0) is 20.1.